The molecular formula is C23H21ClN4O2. The highest BCUT2D eigenvalue weighted by Crippen LogP contribution is 2.30. The molecule has 0 unspecified atom stereocenters. The smallest absolute Gasteiger partial charge is 0.229 e. The van der Waals surface area contributed by atoms with E-state index in [4.69, 9.17) is 26.1 Å². The molecule has 0 radical (unpaired) electrons. The predicted octanol–water partition coefficient (Wildman–Crippen LogP) is 5.66. The van der Waals surface area contributed by atoms with Crippen molar-refractivity contribution in [1.82, 2.24) is 9.97 Å². The molecule has 0 atom stereocenters. The Morgan fingerprint density at radius 2 is 1.63 bits per heavy atom. The largest absolute Gasteiger partial charge is 0.496 e. The van der Waals surface area contributed by atoms with Crippen molar-refractivity contribution in [3.63, 3.8) is 0 Å². The Hall–Kier alpha value is -3.51. The first kappa shape index (κ1) is 19.8. The molecule has 6 nitrogen and oxygen atoms in total. The van der Waals surface area contributed by atoms with Gasteiger partial charge in [-0.15, -0.1) is 0 Å². The zero-order valence-corrected chi connectivity index (χ0v) is 17.4. The van der Waals surface area contributed by atoms with Gasteiger partial charge in [-0.05, 0) is 36.4 Å². The summed E-state index contributed by atoms with van der Waals surface area (Å²) in [5, 5.41) is 8.09. The van der Waals surface area contributed by atoms with Gasteiger partial charge in [-0.25, -0.2) is 4.98 Å². The molecule has 30 heavy (non-hydrogen) atoms. The molecule has 0 aliphatic carbocycles. The fourth-order valence-electron chi connectivity index (χ4n) is 3.17. The van der Waals surface area contributed by atoms with Crippen LogP contribution < -0.4 is 20.1 Å². The van der Waals surface area contributed by atoms with E-state index in [0.29, 0.717) is 23.3 Å². The lowest BCUT2D eigenvalue weighted by Gasteiger charge is -2.14. The van der Waals surface area contributed by atoms with E-state index in [1.54, 1.807) is 26.4 Å². The number of para-hydroxylation sites is 2. The van der Waals surface area contributed by atoms with Crippen LogP contribution in [0.3, 0.4) is 0 Å². The van der Waals surface area contributed by atoms with Gasteiger partial charge in [0.2, 0.25) is 5.95 Å². The number of ether oxygens (including phenoxy) is 2. The molecule has 4 aromatic rings. The monoisotopic (exact) mass is 420 g/mol. The zero-order valence-electron chi connectivity index (χ0n) is 16.6. The van der Waals surface area contributed by atoms with Crippen molar-refractivity contribution in [2.75, 3.05) is 24.9 Å². The van der Waals surface area contributed by atoms with Crippen LogP contribution in [-0.2, 0) is 6.54 Å². The average molecular weight is 421 g/mol. The first-order chi connectivity index (χ1) is 14.7. The summed E-state index contributed by atoms with van der Waals surface area (Å²) in [5.74, 6) is 2.64. The highest BCUT2D eigenvalue weighted by molar-refractivity contribution is 6.32. The van der Waals surface area contributed by atoms with Crippen LogP contribution in [-0.4, -0.2) is 24.2 Å². The van der Waals surface area contributed by atoms with E-state index in [9.17, 15) is 0 Å². The summed E-state index contributed by atoms with van der Waals surface area (Å²) in [6.45, 7) is 0.568. The minimum atomic E-state index is 0.470. The maximum Gasteiger partial charge on any atom is 0.229 e. The van der Waals surface area contributed by atoms with Crippen molar-refractivity contribution in [3.8, 4) is 11.5 Å². The summed E-state index contributed by atoms with van der Waals surface area (Å²) in [7, 11) is 3.25. The lowest BCUT2D eigenvalue weighted by Crippen LogP contribution is -2.06. The summed E-state index contributed by atoms with van der Waals surface area (Å²) in [6, 6.07) is 21.2. The second-order valence-electron chi connectivity index (χ2n) is 6.55. The van der Waals surface area contributed by atoms with Gasteiger partial charge >= 0.3 is 0 Å². The van der Waals surface area contributed by atoms with Gasteiger partial charge in [0.05, 0.1) is 24.8 Å². The van der Waals surface area contributed by atoms with Gasteiger partial charge in [-0.1, -0.05) is 41.9 Å². The first-order valence-corrected chi connectivity index (χ1v) is 9.79. The molecule has 0 fully saturated rings. The number of halogens is 1. The molecule has 152 valence electrons. The third-order valence-corrected chi connectivity index (χ3v) is 4.95. The number of hydrogen-bond donors (Lipinski definition) is 2. The number of methoxy groups -OCH3 is 2. The predicted molar refractivity (Wildman–Crippen MR) is 121 cm³/mol. The van der Waals surface area contributed by atoms with E-state index in [1.165, 1.54) is 0 Å². The highest BCUT2D eigenvalue weighted by atomic mass is 35.5. The molecule has 0 aliphatic rings. The summed E-state index contributed by atoms with van der Waals surface area (Å²) >= 11 is 6.24. The standard InChI is InChI=1S/C23H21ClN4O2/c1-29-20-10-6-3-7-15(20)14-25-22-17-8-4-5-9-19(17)27-23(28-22)26-16-11-12-21(30-2)18(24)13-16/h3-13H,14H2,1-2H3,(H2,25,26,27,28). The Kier molecular flexibility index (Phi) is 5.86. The van der Waals surface area contributed by atoms with Crippen LogP contribution in [0.25, 0.3) is 10.9 Å². The van der Waals surface area contributed by atoms with Crippen LogP contribution in [0.1, 0.15) is 5.56 Å². The van der Waals surface area contributed by atoms with Crippen LogP contribution >= 0.6 is 11.6 Å². The van der Waals surface area contributed by atoms with E-state index in [0.717, 1.165) is 33.7 Å². The molecule has 2 N–H and O–H groups in total. The number of anilines is 3. The number of nitrogens with zero attached hydrogens (tertiary/aromatic N) is 2. The van der Waals surface area contributed by atoms with Crippen LogP contribution in [0, 0.1) is 0 Å². The van der Waals surface area contributed by atoms with E-state index in [2.05, 4.69) is 15.6 Å². The van der Waals surface area contributed by atoms with Crippen LogP contribution in [0.15, 0.2) is 66.7 Å². The summed E-state index contributed by atoms with van der Waals surface area (Å²) in [5.41, 5.74) is 2.64. The second kappa shape index (κ2) is 8.88. The molecular weight excluding hydrogens is 400 g/mol. The number of nitrogens with one attached hydrogen (secondary N) is 2. The van der Waals surface area contributed by atoms with E-state index >= 15 is 0 Å². The van der Waals surface area contributed by atoms with Crippen LogP contribution in [0.4, 0.5) is 17.5 Å². The number of rotatable bonds is 7. The third kappa shape index (κ3) is 4.23. The number of aromatic nitrogens is 2. The molecule has 7 heteroatoms. The van der Waals surface area contributed by atoms with Crippen molar-refractivity contribution in [2.45, 2.75) is 6.54 Å². The van der Waals surface area contributed by atoms with E-state index in [1.807, 2.05) is 54.6 Å². The number of benzene rings is 3. The molecule has 1 aromatic heterocycles. The average Bonchev–Trinajstić information content (AvgIpc) is 2.78. The van der Waals surface area contributed by atoms with Crippen molar-refractivity contribution in [1.29, 1.82) is 0 Å². The van der Waals surface area contributed by atoms with Gasteiger partial charge in [-0.2, -0.15) is 4.98 Å². The minimum absolute atomic E-state index is 0.470. The van der Waals surface area contributed by atoms with E-state index < -0.39 is 0 Å². The maximum absolute atomic E-state index is 6.24. The van der Waals surface area contributed by atoms with Gasteiger partial charge in [0.1, 0.15) is 17.3 Å². The van der Waals surface area contributed by atoms with Gasteiger partial charge in [0.15, 0.2) is 0 Å². The Bertz CT molecular complexity index is 1180. The first-order valence-electron chi connectivity index (χ1n) is 9.41. The summed E-state index contributed by atoms with van der Waals surface area (Å²) < 4.78 is 10.7. The molecule has 0 amide bonds. The van der Waals surface area contributed by atoms with Crippen molar-refractivity contribution < 1.29 is 9.47 Å². The number of hydrogen-bond acceptors (Lipinski definition) is 6. The topological polar surface area (TPSA) is 68.3 Å². The fraction of sp³-hybridized carbons (Fsp3) is 0.130. The Labute approximate surface area is 179 Å². The van der Waals surface area contributed by atoms with Gasteiger partial charge in [0, 0.05) is 23.2 Å². The zero-order chi connectivity index (χ0) is 20.9. The normalized spacial score (nSPS) is 10.6. The molecule has 0 saturated carbocycles. The molecule has 0 spiro atoms. The van der Waals surface area contributed by atoms with Crippen LogP contribution in [0.5, 0.6) is 11.5 Å². The van der Waals surface area contributed by atoms with Crippen molar-refractivity contribution >= 4 is 40.0 Å². The fourth-order valence-corrected chi connectivity index (χ4v) is 3.43. The maximum atomic E-state index is 6.24. The van der Waals surface area contributed by atoms with E-state index in [-0.39, 0.29) is 0 Å². The molecule has 0 saturated heterocycles. The SMILES string of the molecule is COc1ccc(Nc2nc(NCc3ccccc3OC)c3ccccc3n2)cc1Cl. The van der Waals surface area contributed by atoms with Crippen molar-refractivity contribution in [3.05, 3.63) is 77.3 Å². The van der Waals surface area contributed by atoms with Gasteiger partial charge in [0.25, 0.3) is 0 Å². The second-order valence-corrected chi connectivity index (χ2v) is 6.96. The summed E-state index contributed by atoms with van der Waals surface area (Å²) in [6.07, 6.45) is 0. The Balaban J connectivity index is 1.65. The molecule has 3 aromatic carbocycles. The molecule has 4 rings (SSSR count). The lowest BCUT2D eigenvalue weighted by molar-refractivity contribution is 0.410. The number of fused-ring (bicyclic) bond motifs is 1. The van der Waals surface area contributed by atoms with Crippen LogP contribution in [0.2, 0.25) is 5.02 Å². The van der Waals surface area contributed by atoms with Gasteiger partial charge in [-0.3, -0.25) is 0 Å². The van der Waals surface area contributed by atoms with Gasteiger partial charge < -0.3 is 20.1 Å². The lowest BCUT2D eigenvalue weighted by atomic mass is 10.2. The highest BCUT2D eigenvalue weighted by Gasteiger charge is 2.10. The summed E-state index contributed by atoms with van der Waals surface area (Å²) in [4.78, 5) is 9.32. The molecule has 1 heterocycles. The quantitative estimate of drug-likeness (QED) is 0.402. The Morgan fingerprint density at radius 1 is 0.867 bits per heavy atom. The Morgan fingerprint density at radius 3 is 2.43 bits per heavy atom. The molecule has 0 bridgehead atoms. The molecule has 0 aliphatic heterocycles. The third-order valence-electron chi connectivity index (χ3n) is 4.65. The van der Waals surface area contributed by atoms with Crippen molar-refractivity contribution in [2.24, 2.45) is 0 Å². The minimum Gasteiger partial charge on any atom is -0.496 e.